The number of rotatable bonds is 5. The maximum absolute atomic E-state index is 13.1. The van der Waals surface area contributed by atoms with E-state index in [0.29, 0.717) is 24.5 Å². The minimum absolute atomic E-state index is 0.118. The number of sulfone groups is 1. The zero-order chi connectivity index (χ0) is 21.8. The molecule has 1 saturated heterocycles. The molecule has 10 nitrogen and oxygen atoms in total. The van der Waals surface area contributed by atoms with Crippen LogP contribution in [0.3, 0.4) is 0 Å². The summed E-state index contributed by atoms with van der Waals surface area (Å²) in [6.45, 7) is 0.767. The second-order valence-electron chi connectivity index (χ2n) is 6.70. The molecule has 31 heavy (non-hydrogen) atoms. The van der Waals surface area contributed by atoms with Crippen molar-refractivity contribution in [2.24, 2.45) is 0 Å². The van der Waals surface area contributed by atoms with Crippen molar-refractivity contribution in [3.05, 3.63) is 60.4 Å². The molecule has 11 heteroatoms. The maximum Gasteiger partial charge on any atom is 0.239 e. The molecule has 154 valence electrons. The van der Waals surface area contributed by atoms with E-state index in [0.717, 1.165) is 0 Å². The predicted octanol–water partition coefficient (Wildman–Crippen LogP) is 1.85. The van der Waals surface area contributed by atoms with Crippen LogP contribution in [-0.4, -0.2) is 46.7 Å². The van der Waals surface area contributed by atoms with E-state index in [1.54, 1.807) is 0 Å². The van der Waals surface area contributed by atoms with E-state index in [9.17, 15) is 8.42 Å². The summed E-state index contributed by atoms with van der Waals surface area (Å²) < 4.78 is 31.7. The predicted molar refractivity (Wildman–Crippen MR) is 108 cm³/mol. The molecular formula is C20H15N7O3S. The Labute approximate surface area is 178 Å². The number of hydrogen-bond donors (Lipinski definition) is 0. The smallest absolute Gasteiger partial charge is 0.239 e. The summed E-state index contributed by atoms with van der Waals surface area (Å²) in [5, 5.41) is 17.2. The van der Waals surface area contributed by atoms with Gasteiger partial charge in [0.25, 0.3) is 0 Å². The normalized spacial score (nSPS) is 15.8. The van der Waals surface area contributed by atoms with Crippen molar-refractivity contribution in [1.82, 2.24) is 19.9 Å². The topological polar surface area (TPSA) is 146 Å². The van der Waals surface area contributed by atoms with Crippen LogP contribution in [-0.2, 0) is 9.84 Å². The molecule has 0 aliphatic carbocycles. The number of aromatic nitrogens is 4. The molecule has 0 spiro atoms. The van der Waals surface area contributed by atoms with Crippen LogP contribution in [0.5, 0.6) is 11.6 Å². The third-order valence-electron chi connectivity index (χ3n) is 4.75. The standard InChI is InChI=1S/C20H15N7O3S/c21-7-14-9-23-11-19(25-14)27-6-5-18(13-27)31(28,29)17-3-1-16(2-4-17)30-20-12-24-10-15(8-22)26-20/h1-4,9-12,18H,5-6,13H2. The molecule has 3 aromatic rings. The number of benzene rings is 1. The highest BCUT2D eigenvalue weighted by Gasteiger charge is 2.35. The van der Waals surface area contributed by atoms with Crippen LogP contribution in [0.15, 0.2) is 53.9 Å². The fraction of sp³-hybridized carbons (Fsp3) is 0.200. The molecule has 0 amide bonds. The second kappa shape index (κ2) is 8.34. The van der Waals surface area contributed by atoms with Crippen LogP contribution >= 0.6 is 0 Å². The molecule has 0 bridgehead atoms. The van der Waals surface area contributed by atoms with Gasteiger partial charge in [-0.05, 0) is 30.7 Å². The Morgan fingerprint density at radius 2 is 1.65 bits per heavy atom. The summed E-state index contributed by atoms with van der Waals surface area (Å²) in [4.78, 5) is 18.0. The molecule has 1 aromatic carbocycles. The van der Waals surface area contributed by atoms with Crippen molar-refractivity contribution >= 4 is 15.7 Å². The van der Waals surface area contributed by atoms with Gasteiger partial charge in [-0.3, -0.25) is 9.97 Å². The van der Waals surface area contributed by atoms with Crippen LogP contribution in [0.4, 0.5) is 5.82 Å². The fourth-order valence-electron chi connectivity index (χ4n) is 3.21. The Morgan fingerprint density at radius 3 is 2.35 bits per heavy atom. The highest BCUT2D eigenvalue weighted by molar-refractivity contribution is 7.92. The van der Waals surface area contributed by atoms with Crippen molar-refractivity contribution in [3.63, 3.8) is 0 Å². The molecule has 2 aromatic heterocycles. The Kier molecular flexibility index (Phi) is 5.43. The van der Waals surface area contributed by atoms with Gasteiger partial charge >= 0.3 is 0 Å². The Morgan fingerprint density at radius 1 is 0.968 bits per heavy atom. The van der Waals surface area contributed by atoms with E-state index in [4.69, 9.17) is 15.3 Å². The SMILES string of the molecule is N#Cc1cncc(Oc2ccc(S(=O)(=O)C3CCN(c4cncc(C#N)n4)C3)cc2)n1. The number of nitriles is 2. The molecule has 1 fully saturated rings. The van der Waals surface area contributed by atoms with Crippen LogP contribution < -0.4 is 9.64 Å². The Bertz CT molecular complexity index is 1300. The number of ether oxygens (including phenoxy) is 1. The minimum atomic E-state index is -3.58. The molecule has 3 heterocycles. The lowest BCUT2D eigenvalue weighted by Gasteiger charge is -2.17. The van der Waals surface area contributed by atoms with Gasteiger partial charge in [0, 0.05) is 13.1 Å². The number of nitrogens with zero attached hydrogens (tertiary/aromatic N) is 7. The highest BCUT2D eigenvalue weighted by atomic mass is 32.2. The van der Waals surface area contributed by atoms with E-state index in [1.807, 2.05) is 17.0 Å². The largest absolute Gasteiger partial charge is 0.437 e. The van der Waals surface area contributed by atoms with Crippen molar-refractivity contribution in [2.45, 2.75) is 16.6 Å². The molecule has 1 aliphatic heterocycles. The summed E-state index contributed by atoms with van der Waals surface area (Å²) in [7, 11) is -3.58. The van der Waals surface area contributed by atoms with Crippen LogP contribution in [0.2, 0.25) is 0 Å². The van der Waals surface area contributed by atoms with E-state index < -0.39 is 15.1 Å². The monoisotopic (exact) mass is 433 g/mol. The number of hydrogen-bond acceptors (Lipinski definition) is 10. The van der Waals surface area contributed by atoms with Gasteiger partial charge in [0.15, 0.2) is 21.2 Å². The zero-order valence-corrected chi connectivity index (χ0v) is 16.9. The highest BCUT2D eigenvalue weighted by Crippen LogP contribution is 2.28. The summed E-state index contributed by atoms with van der Waals surface area (Å²) >= 11 is 0. The van der Waals surface area contributed by atoms with Crippen LogP contribution in [0, 0.1) is 22.7 Å². The molecule has 1 atom stereocenters. The quantitative estimate of drug-likeness (QED) is 0.584. The van der Waals surface area contributed by atoms with Gasteiger partial charge in [-0.1, -0.05) is 0 Å². The van der Waals surface area contributed by atoms with Crippen LogP contribution in [0.25, 0.3) is 0 Å². The lowest BCUT2D eigenvalue weighted by atomic mass is 10.3. The summed E-state index contributed by atoms with van der Waals surface area (Å²) in [5.74, 6) is 1.00. The minimum Gasteiger partial charge on any atom is -0.437 e. The van der Waals surface area contributed by atoms with Gasteiger partial charge in [-0.2, -0.15) is 15.5 Å². The first-order chi connectivity index (χ1) is 15.0. The third kappa shape index (κ3) is 4.27. The Hall–Kier alpha value is -4.09. The Balaban J connectivity index is 1.47. The fourth-order valence-corrected chi connectivity index (χ4v) is 4.91. The molecule has 4 rings (SSSR count). The van der Waals surface area contributed by atoms with Crippen LogP contribution in [0.1, 0.15) is 17.8 Å². The van der Waals surface area contributed by atoms with Crippen molar-refractivity contribution in [2.75, 3.05) is 18.0 Å². The summed E-state index contributed by atoms with van der Waals surface area (Å²) in [6.07, 6.45) is 6.00. The molecule has 0 radical (unpaired) electrons. The van der Waals surface area contributed by atoms with E-state index in [2.05, 4.69) is 19.9 Å². The third-order valence-corrected chi connectivity index (χ3v) is 6.94. The average molecular weight is 433 g/mol. The van der Waals surface area contributed by atoms with Crippen molar-refractivity contribution < 1.29 is 13.2 Å². The first-order valence-corrected chi connectivity index (χ1v) is 10.8. The summed E-state index contributed by atoms with van der Waals surface area (Å²) in [5.41, 5.74) is 0.303. The first-order valence-electron chi connectivity index (χ1n) is 9.20. The molecular weight excluding hydrogens is 418 g/mol. The molecule has 1 aliphatic rings. The van der Waals surface area contributed by atoms with E-state index in [-0.39, 0.29) is 28.7 Å². The van der Waals surface area contributed by atoms with Crippen molar-refractivity contribution in [1.29, 1.82) is 10.5 Å². The van der Waals surface area contributed by atoms with Gasteiger partial charge in [0.1, 0.15) is 23.7 Å². The lowest BCUT2D eigenvalue weighted by Crippen LogP contribution is -2.27. The number of anilines is 1. The van der Waals surface area contributed by atoms with Gasteiger partial charge in [-0.25, -0.2) is 13.4 Å². The average Bonchev–Trinajstić information content (AvgIpc) is 3.31. The van der Waals surface area contributed by atoms with E-state index >= 15 is 0 Å². The van der Waals surface area contributed by atoms with Gasteiger partial charge in [0.2, 0.25) is 5.88 Å². The first kappa shape index (κ1) is 20.2. The summed E-state index contributed by atoms with van der Waals surface area (Å²) in [6, 6.07) is 9.82. The lowest BCUT2D eigenvalue weighted by molar-refractivity contribution is 0.459. The molecule has 1 unspecified atom stereocenters. The molecule has 0 N–H and O–H groups in total. The second-order valence-corrected chi connectivity index (χ2v) is 8.93. The zero-order valence-electron chi connectivity index (χ0n) is 16.1. The maximum atomic E-state index is 13.1. The van der Waals surface area contributed by atoms with Gasteiger partial charge in [-0.15, -0.1) is 0 Å². The van der Waals surface area contributed by atoms with Crippen molar-refractivity contribution in [3.8, 4) is 23.8 Å². The van der Waals surface area contributed by atoms with Gasteiger partial charge in [0.05, 0.1) is 34.9 Å². The van der Waals surface area contributed by atoms with Gasteiger partial charge < -0.3 is 9.64 Å². The van der Waals surface area contributed by atoms with E-state index in [1.165, 1.54) is 49.1 Å². The molecule has 0 saturated carbocycles.